The normalized spacial score (nSPS) is 10.8. The standard InChI is InChI=1S/C21H23N3O4.C12H12ClN3O4.C9H12BO2/c1-13(2)14-7-5-6-8-15(14)17-11-16-18(12-22-17)23(3)21(27)24(20(16)26)10-9-19(25)28-4;1-15-8-6-14-9(13)5-7(8)11(18)16(12(15)19)4-3-10(17)20-2;1-7(2)8-5-3-4-6-9(8)12-10-11/h5-8,11-13H,9-10H2,1-4H3;5-6H,3-4H2,1-2H3;3-7,11H,1-2H3. The highest BCUT2D eigenvalue weighted by molar-refractivity contribution is 6.30. The van der Waals surface area contributed by atoms with Crippen LogP contribution >= 0.6 is 11.6 Å². The maximum Gasteiger partial charge on any atom is 0.569 e. The number of hydrogen-bond acceptors (Lipinski definition) is 12. The molecular weight excluding hydrogens is 795 g/mol. The first-order valence-electron chi connectivity index (χ1n) is 18.8. The second-order valence-electron chi connectivity index (χ2n) is 14.0. The molecule has 0 saturated carbocycles. The van der Waals surface area contributed by atoms with Gasteiger partial charge in [-0.3, -0.25) is 42.4 Å². The first-order valence-corrected chi connectivity index (χ1v) is 19.2. The monoisotopic (exact) mass is 841 g/mol. The van der Waals surface area contributed by atoms with Gasteiger partial charge in [-0.2, -0.15) is 0 Å². The molecule has 6 rings (SSSR count). The second-order valence-corrected chi connectivity index (χ2v) is 14.4. The number of ether oxygens (including phenoxy) is 2. The minimum atomic E-state index is -0.518. The lowest BCUT2D eigenvalue weighted by molar-refractivity contribution is -0.141. The average Bonchev–Trinajstić information content (AvgIpc) is 3.25. The van der Waals surface area contributed by atoms with E-state index in [9.17, 15) is 28.8 Å². The molecule has 1 N–H and O–H groups in total. The van der Waals surface area contributed by atoms with Crippen molar-refractivity contribution in [2.45, 2.75) is 65.5 Å². The number of methoxy groups -OCH3 is 2. The van der Waals surface area contributed by atoms with Crippen LogP contribution in [-0.2, 0) is 46.2 Å². The number of hydrogen-bond donors (Lipinski definition) is 1. The minimum Gasteiger partial charge on any atom is -0.537 e. The molecule has 60 heavy (non-hydrogen) atoms. The van der Waals surface area contributed by atoms with E-state index in [0.29, 0.717) is 41.6 Å². The zero-order chi connectivity index (χ0) is 44.3. The molecular formula is C42H47BClN6O10. The molecule has 0 aliphatic heterocycles. The quantitative estimate of drug-likeness (QED) is 0.109. The number of carbonyl (C=O) groups is 2. The topological polar surface area (TPSA) is 196 Å². The number of esters is 2. The van der Waals surface area contributed by atoms with E-state index in [4.69, 9.17) is 21.3 Å². The Kier molecular flexibility index (Phi) is 16.3. The van der Waals surface area contributed by atoms with Crippen LogP contribution in [0.15, 0.2) is 92.2 Å². The Labute approximate surface area is 350 Å². The van der Waals surface area contributed by atoms with Crippen LogP contribution in [0.1, 0.15) is 63.5 Å². The molecule has 0 amide bonds. The molecule has 0 unspecified atom stereocenters. The van der Waals surface area contributed by atoms with Crippen molar-refractivity contribution in [3.8, 4) is 17.0 Å². The fraction of sp³-hybridized carbons (Fsp3) is 0.333. The van der Waals surface area contributed by atoms with E-state index in [1.54, 1.807) is 19.3 Å². The van der Waals surface area contributed by atoms with E-state index in [-0.39, 0.29) is 36.5 Å². The van der Waals surface area contributed by atoms with Crippen molar-refractivity contribution < 1.29 is 28.7 Å². The maximum atomic E-state index is 13.0. The van der Waals surface area contributed by atoms with Crippen molar-refractivity contribution in [1.29, 1.82) is 0 Å². The molecule has 4 heterocycles. The van der Waals surface area contributed by atoms with E-state index in [2.05, 4.69) is 47.1 Å². The smallest absolute Gasteiger partial charge is 0.537 e. The first kappa shape index (κ1) is 46.4. The molecule has 18 heteroatoms. The molecule has 0 bridgehead atoms. The zero-order valence-corrected chi connectivity index (χ0v) is 35.4. The number of pyridine rings is 2. The number of benzene rings is 2. The van der Waals surface area contributed by atoms with Crippen LogP contribution in [0.25, 0.3) is 33.1 Å². The summed E-state index contributed by atoms with van der Waals surface area (Å²) in [7, 11) is 6.33. The highest BCUT2D eigenvalue weighted by Gasteiger charge is 2.17. The molecule has 315 valence electrons. The van der Waals surface area contributed by atoms with Gasteiger partial charge < -0.3 is 19.2 Å². The van der Waals surface area contributed by atoms with Crippen LogP contribution in [0.3, 0.4) is 0 Å². The summed E-state index contributed by atoms with van der Waals surface area (Å²) in [5, 5.41) is 9.30. The van der Waals surface area contributed by atoms with Crippen LogP contribution in [0.2, 0.25) is 5.15 Å². The summed E-state index contributed by atoms with van der Waals surface area (Å²) in [4.78, 5) is 80.8. The van der Waals surface area contributed by atoms with Gasteiger partial charge in [0, 0.05) is 32.7 Å². The average molecular weight is 842 g/mol. The fourth-order valence-electron chi connectivity index (χ4n) is 6.29. The molecule has 2 aromatic carbocycles. The van der Waals surface area contributed by atoms with Gasteiger partial charge in [0.15, 0.2) is 0 Å². The molecule has 1 radical (unpaired) electrons. The van der Waals surface area contributed by atoms with Crippen molar-refractivity contribution in [2.75, 3.05) is 14.2 Å². The second kappa shape index (κ2) is 21.1. The number of fused-ring (bicyclic) bond motifs is 2. The lowest BCUT2D eigenvalue weighted by atomic mass is 9.95. The minimum absolute atomic E-state index is 0.0334. The van der Waals surface area contributed by atoms with Crippen molar-refractivity contribution in [1.82, 2.24) is 28.2 Å². The van der Waals surface area contributed by atoms with E-state index in [1.165, 1.54) is 42.7 Å². The summed E-state index contributed by atoms with van der Waals surface area (Å²) in [5.41, 5.74) is 2.75. The molecule has 16 nitrogen and oxygen atoms in total. The van der Waals surface area contributed by atoms with Crippen LogP contribution in [0.4, 0.5) is 0 Å². The zero-order valence-electron chi connectivity index (χ0n) is 34.7. The fourth-order valence-corrected chi connectivity index (χ4v) is 6.45. The molecule has 0 fully saturated rings. The Morgan fingerprint density at radius 3 is 1.68 bits per heavy atom. The number of rotatable bonds is 11. The van der Waals surface area contributed by atoms with Gasteiger partial charge in [-0.25, -0.2) is 14.6 Å². The van der Waals surface area contributed by atoms with Crippen LogP contribution < -0.4 is 27.2 Å². The predicted molar refractivity (Wildman–Crippen MR) is 229 cm³/mol. The van der Waals surface area contributed by atoms with Gasteiger partial charge in [-0.1, -0.05) is 81.8 Å². The summed E-state index contributed by atoms with van der Waals surface area (Å²) < 4.78 is 18.7. The number of carbonyl (C=O) groups excluding carboxylic acids is 2. The Morgan fingerprint density at radius 1 is 0.717 bits per heavy atom. The first-order chi connectivity index (χ1) is 28.6. The van der Waals surface area contributed by atoms with Gasteiger partial charge in [0.1, 0.15) is 10.9 Å². The van der Waals surface area contributed by atoms with Crippen molar-refractivity contribution >= 4 is 53.0 Å². The van der Waals surface area contributed by atoms with Crippen LogP contribution in [-0.4, -0.2) is 67.1 Å². The lowest BCUT2D eigenvalue weighted by Crippen LogP contribution is -2.39. The van der Waals surface area contributed by atoms with E-state index < -0.39 is 34.4 Å². The van der Waals surface area contributed by atoms with Gasteiger partial charge in [0.25, 0.3) is 11.1 Å². The van der Waals surface area contributed by atoms with Gasteiger partial charge >= 0.3 is 31.0 Å². The molecule has 0 saturated heterocycles. The van der Waals surface area contributed by atoms with Gasteiger partial charge in [-0.15, -0.1) is 0 Å². The number of aromatic nitrogens is 6. The van der Waals surface area contributed by atoms with E-state index in [1.807, 2.05) is 48.5 Å². The highest BCUT2D eigenvalue weighted by Crippen LogP contribution is 2.29. The van der Waals surface area contributed by atoms with Gasteiger partial charge in [-0.05, 0) is 41.2 Å². The van der Waals surface area contributed by atoms with Gasteiger partial charge in [0.05, 0.1) is 67.0 Å². The molecule has 0 aliphatic rings. The maximum absolute atomic E-state index is 13.0. The van der Waals surface area contributed by atoms with Crippen LogP contribution in [0.5, 0.6) is 5.75 Å². The predicted octanol–water partition coefficient (Wildman–Crippen LogP) is 4.48. The number of para-hydroxylation sites is 1. The molecule has 6 aromatic rings. The number of halogens is 1. The SMILES string of the molecule is CC(C)c1ccccc1O[B]O.COC(=O)CCn1c(=O)c2cc(-c3ccccc3C(C)C)ncc2n(C)c1=O.COC(=O)CCn1c(=O)c2cc(Cl)ncc2n(C)c1=O. The Balaban J connectivity index is 0.000000216. The summed E-state index contributed by atoms with van der Waals surface area (Å²) >= 11 is 5.76. The lowest BCUT2D eigenvalue weighted by Gasteiger charge is -2.14. The summed E-state index contributed by atoms with van der Waals surface area (Å²) in [6.07, 6.45) is 2.81. The molecule has 0 atom stereocenters. The highest BCUT2D eigenvalue weighted by atomic mass is 35.5. The summed E-state index contributed by atoms with van der Waals surface area (Å²) in [5.74, 6) is 0.448. The molecule has 4 aromatic heterocycles. The Morgan fingerprint density at radius 2 is 1.18 bits per heavy atom. The third-order valence-corrected chi connectivity index (χ3v) is 9.76. The summed E-state index contributed by atoms with van der Waals surface area (Å²) in [6, 6.07) is 18.7. The van der Waals surface area contributed by atoms with E-state index >= 15 is 0 Å². The summed E-state index contributed by atoms with van der Waals surface area (Å²) in [6.45, 7) is 8.29. The van der Waals surface area contributed by atoms with Crippen molar-refractivity contribution in [3.63, 3.8) is 0 Å². The Hall–Kier alpha value is -6.33. The molecule has 0 spiro atoms. The van der Waals surface area contributed by atoms with Crippen molar-refractivity contribution in [3.05, 3.63) is 131 Å². The Bertz CT molecular complexity index is 2740. The van der Waals surface area contributed by atoms with Crippen molar-refractivity contribution in [2.24, 2.45) is 14.1 Å². The third kappa shape index (κ3) is 10.8. The number of aryl methyl sites for hydroxylation is 2. The van der Waals surface area contributed by atoms with Crippen LogP contribution in [0, 0.1) is 0 Å². The van der Waals surface area contributed by atoms with Gasteiger partial charge in [0.2, 0.25) is 0 Å². The molecule has 0 aliphatic carbocycles. The third-order valence-electron chi connectivity index (χ3n) is 9.56. The number of nitrogens with zero attached hydrogens (tertiary/aromatic N) is 6. The van der Waals surface area contributed by atoms with E-state index in [0.717, 1.165) is 31.6 Å². The largest absolute Gasteiger partial charge is 0.569 e.